The van der Waals surface area contributed by atoms with Gasteiger partial charge < -0.3 is 10.5 Å². The third-order valence-electron chi connectivity index (χ3n) is 2.58. The summed E-state index contributed by atoms with van der Waals surface area (Å²) in [4.78, 5) is 22.6. The van der Waals surface area contributed by atoms with Gasteiger partial charge >= 0.3 is 12.0 Å². The largest absolute Gasteiger partial charge is 0.422 e. The van der Waals surface area contributed by atoms with Crippen molar-refractivity contribution in [3.05, 3.63) is 64.7 Å². The van der Waals surface area contributed by atoms with Gasteiger partial charge in [0.1, 0.15) is 5.75 Å². The van der Waals surface area contributed by atoms with E-state index >= 15 is 0 Å². The van der Waals surface area contributed by atoms with Gasteiger partial charge in [-0.25, -0.2) is 15.0 Å². The van der Waals surface area contributed by atoms with Gasteiger partial charge in [-0.3, -0.25) is 0 Å². The Labute approximate surface area is 131 Å². The molecule has 3 N–H and O–H groups in total. The standard InChI is InChI=1S/C15H12ClN3O3/c16-12-7-5-10(6-8-12)14(20)22-13-4-2-1-3-11(13)9-18-19-15(17)21/h1-9H,(H3,17,19,21). The topological polar surface area (TPSA) is 93.8 Å². The summed E-state index contributed by atoms with van der Waals surface area (Å²) in [6.07, 6.45) is 1.33. The first-order chi connectivity index (χ1) is 10.6. The molecule has 112 valence electrons. The lowest BCUT2D eigenvalue weighted by atomic mass is 10.2. The fraction of sp³-hybridized carbons (Fsp3) is 0. The molecule has 2 aromatic rings. The van der Waals surface area contributed by atoms with E-state index in [-0.39, 0.29) is 0 Å². The van der Waals surface area contributed by atoms with Gasteiger partial charge in [-0.05, 0) is 36.4 Å². The number of hydrogen-bond donors (Lipinski definition) is 2. The average Bonchev–Trinajstić information content (AvgIpc) is 2.49. The number of carbonyl (C=O) groups is 2. The second kappa shape index (κ2) is 7.24. The van der Waals surface area contributed by atoms with Crippen LogP contribution in [-0.2, 0) is 0 Å². The van der Waals surface area contributed by atoms with E-state index in [0.29, 0.717) is 21.9 Å². The summed E-state index contributed by atoms with van der Waals surface area (Å²) in [7, 11) is 0. The molecule has 2 amide bonds. The Balaban J connectivity index is 2.15. The molecule has 0 aliphatic carbocycles. The monoisotopic (exact) mass is 317 g/mol. The number of ether oxygens (including phenoxy) is 1. The van der Waals surface area contributed by atoms with Crippen LogP contribution < -0.4 is 15.9 Å². The van der Waals surface area contributed by atoms with Crippen molar-refractivity contribution in [3.8, 4) is 5.75 Å². The zero-order valence-corrected chi connectivity index (χ0v) is 12.1. The number of esters is 1. The van der Waals surface area contributed by atoms with Crippen molar-refractivity contribution >= 4 is 29.8 Å². The molecule has 2 rings (SSSR count). The lowest BCUT2D eigenvalue weighted by Crippen LogP contribution is -2.24. The SMILES string of the molecule is NC(=O)NN=Cc1ccccc1OC(=O)c1ccc(Cl)cc1. The minimum absolute atomic E-state index is 0.303. The fourth-order valence-corrected chi connectivity index (χ4v) is 1.72. The van der Waals surface area contributed by atoms with E-state index in [9.17, 15) is 9.59 Å². The molecule has 0 spiro atoms. The van der Waals surface area contributed by atoms with Crippen LogP contribution in [0.2, 0.25) is 5.02 Å². The third-order valence-corrected chi connectivity index (χ3v) is 2.83. The second-order valence-corrected chi connectivity index (χ2v) is 4.60. The summed E-state index contributed by atoms with van der Waals surface area (Å²) >= 11 is 5.77. The van der Waals surface area contributed by atoms with Crippen molar-refractivity contribution in [2.75, 3.05) is 0 Å². The fourth-order valence-electron chi connectivity index (χ4n) is 1.59. The number of nitrogens with zero attached hydrogens (tertiary/aromatic N) is 1. The smallest absolute Gasteiger partial charge is 0.343 e. The van der Waals surface area contributed by atoms with E-state index in [1.54, 1.807) is 48.5 Å². The highest BCUT2D eigenvalue weighted by Gasteiger charge is 2.10. The van der Waals surface area contributed by atoms with Gasteiger partial charge in [0.2, 0.25) is 0 Å². The lowest BCUT2D eigenvalue weighted by molar-refractivity contribution is 0.0734. The van der Waals surface area contributed by atoms with E-state index in [1.165, 1.54) is 6.21 Å². The van der Waals surface area contributed by atoms with Crippen LogP contribution in [0.25, 0.3) is 0 Å². The maximum absolute atomic E-state index is 12.1. The van der Waals surface area contributed by atoms with Crippen molar-refractivity contribution in [2.45, 2.75) is 0 Å². The molecule has 7 heteroatoms. The van der Waals surface area contributed by atoms with Crippen LogP contribution in [0, 0.1) is 0 Å². The van der Waals surface area contributed by atoms with Crippen molar-refractivity contribution in [3.63, 3.8) is 0 Å². The first-order valence-corrected chi connectivity index (χ1v) is 6.59. The van der Waals surface area contributed by atoms with Crippen LogP contribution in [0.15, 0.2) is 53.6 Å². The minimum Gasteiger partial charge on any atom is -0.422 e. The van der Waals surface area contributed by atoms with Crippen LogP contribution >= 0.6 is 11.6 Å². The quantitative estimate of drug-likeness (QED) is 0.393. The minimum atomic E-state index is -0.785. The highest BCUT2D eigenvalue weighted by atomic mass is 35.5. The Morgan fingerprint density at radius 1 is 1.14 bits per heavy atom. The van der Waals surface area contributed by atoms with Gasteiger partial charge in [0, 0.05) is 10.6 Å². The van der Waals surface area contributed by atoms with Gasteiger partial charge in [0.05, 0.1) is 11.8 Å². The molecule has 0 aromatic heterocycles. The van der Waals surface area contributed by atoms with Crippen molar-refractivity contribution in [1.82, 2.24) is 5.43 Å². The summed E-state index contributed by atoms with van der Waals surface area (Å²) in [5, 5.41) is 4.16. The van der Waals surface area contributed by atoms with Crippen LogP contribution in [0.4, 0.5) is 4.79 Å². The van der Waals surface area contributed by atoms with Crippen LogP contribution in [-0.4, -0.2) is 18.2 Å². The number of carbonyl (C=O) groups excluding carboxylic acids is 2. The number of halogens is 1. The molecule has 0 aliphatic rings. The number of rotatable bonds is 4. The molecule has 0 unspecified atom stereocenters. The maximum atomic E-state index is 12.1. The number of nitrogens with two attached hydrogens (primary N) is 1. The molecule has 0 aliphatic heterocycles. The van der Waals surface area contributed by atoms with Gasteiger partial charge in [-0.1, -0.05) is 23.7 Å². The molecule has 0 heterocycles. The van der Waals surface area contributed by atoms with E-state index in [1.807, 2.05) is 0 Å². The number of benzene rings is 2. The summed E-state index contributed by atoms with van der Waals surface area (Å²) in [6.45, 7) is 0. The van der Waals surface area contributed by atoms with Crippen LogP contribution in [0.3, 0.4) is 0 Å². The lowest BCUT2D eigenvalue weighted by Gasteiger charge is -2.07. The van der Waals surface area contributed by atoms with E-state index in [2.05, 4.69) is 10.5 Å². The van der Waals surface area contributed by atoms with Crippen molar-refractivity contribution in [2.24, 2.45) is 10.8 Å². The normalized spacial score (nSPS) is 10.4. The molecular weight excluding hydrogens is 306 g/mol. The number of nitrogens with one attached hydrogen (secondary N) is 1. The highest BCUT2D eigenvalue weighted by Crippen LogP contribution is 2.18. The van der Waals surface area contributed by atoms with E-state index < -0.39 is 12.0 Å². The first-order valence-electron chi connectivity index (χ1n) is 6.21. The van der Waals surface area contributed by atoms with Gasteiger partial charge in [0.15, 0.2) is 0 Å². The zero-order valence-electron chi connectivity index (χ0n) is 11.3. The molecule has 0 saturated carbocycles. The number of amides is 2. The number of hydrogen-bond acceptors (Lipinski definition) is 4. The van der Waals surface area contributed by atoms with Gasteiger partial charge in [0.25, 0.3) is 0 Å². The number of hydrazone groups is 1. The van der Waals surface area contributed by atoms with Crippen LogP contribution in [0.1, 0.15) is 15.9 Å². The second-order valence-electron chi connectivity index (χ2n) is 4.17. The molecule has 22 heavy (non-hydrogen) atoms. The van der Waals surface area contributed by atoms with Crippen molar-refractivity contribution in [1.29, 1.82) is 0 Å². The molecular formula is C15H12ClN3O3. The summed E-state index contributed by atoms with van der Waals surface area (Å²) in [6, 6.07) is 12.3. The van der Waals surface area contributed by atoms with E-state index in [0.717, 1.165) is 0 Å². The molecule has 0 saturated heterocycles. The van der Waals surface area contributed by atoms with Crippen LogP contribution in [0.5, 0.6) is 5.75 Å². The molecule has 0 bridgehead atoms. The molecule has 6 nitrogen and oxygen atoms in total. The van der Waals surface area contributed by atoms with E-state index in [4.69, 9.17) is 22.1 Å². The first kappa shape index (κ1) is 15.5. The summed E-state index contributed by atoms with van der Waals surface area (Å²) in [5.41, 5.74) is 7.85. The Kier molecular flexibility index (Phi) is 5.11. The summed E-state index contributed by atoms with van der Waals surface area (Å²) < 4.78 is 5.31. The highest BCUT2D eigenvalue weighted by molar-refractivity contribution is 6.30. The molecule has 0 atom stereocenters. The Morgan fingerprint density at radius 2 is 1.82 bits per heavy atom. The zero-order chi connectivity index (χ0) is 15.9. The Bertz CT molecular complexity index is 714. The Morgan fingerprint density at radius 3 is 2.50 bits per heavy atom. The summed E-state index contributed by atoms with van der Waals surface area (Å²) in [5.74, 6) is -0.224. The molecule has 0 fully saturated rings. The molecule has 0 radical (unpaired) electrons. The average molecular weight is 318 g/mol. The molecule has 2 aromatic carbocycles. The van der Waals surface area contributed by atoms with Crippen molar-refractivity contribution < 1.29 is 14.3 Å². The van der Waals surface area contributed by atoms with Gasteiger partial charge in [-0.2, -0.15) is 5.10 Å². The number of primary amides is 1. The predicted molar refractivity (Wildman–Crippen MR) is 83.2 cm³/mol. The number of urea groups is 1. The van der Waals surface area contributed by atoms with Gasteiger partial charge in [-0.15, -0.1) is 0 Å². The Hall–Kier alpha value is -2.86. The maximum Gasteiger partial charge on any atom is 0.343 e. The third kappa shape index (κ3) is 4.32. The predicted octanol–water partition coefficient (Wildman–Crippen LogP) is 2.56. The number of para-hydroxylation sites is 1.